The maximum atomic E-state index is 4.75. The maximum Gasteiger partial charge on any atom is 0.225 e. The number of aromatic nitrogens is 6. The van der Waals surface area contributed by atoms with Crippen LogP contribution in [0.25, 0.3) is 11.3 Å². The van der Waals surface area contributed by atoms with Gasteiger partial charge >= 0.3 is 0 Å². The van der Waals surface area contributed by atoms with E-state index in [0.29, 0.717) is 0 Å². The smallest absolute Gasteiger partial charge is 0.225 e. The third kappa shape index (κ3) is 3.28. The van der Waals surface area contributed by atoms with E-state index in [2.05, 4.69) is 29.9 Å². The van der Waals surface area contributed by atoms with Gasteiger partial charge in [0.1, 0.15) is 5.82 Å². The number of rotatable bonds is 3. The van der Waals surface area contributed by atoms with Crippen molar-refractivity contribution in [3.8, 4) is 11.3 Å². The molecule has 4 rings (SSSR count). The summed E-state index contributed by atoms with van der Waals surface area (Å²) in [5.41, 5.74) is 2.81. The summed E-state index contributed by atoms with van der Waals surface area (Å²) in [7, 11) is 1.90. The van der Waals surface area contributed by atoms with Crippen LogP contribution in [-0.4, -0.2) is 55.9 Å². The lowest BCUT2D eigenvalue weighted by Gasteiger charge is -2.35. The fraction of sp³-hybridized carbons (Fsp3) is 0.353. The van der Waals surface area contributed by atoms with Gasteiger partial charge in [-0.3, -0.25) is 9.67 Å². The predicted molar refractivity (Wildman–Crippen MR) is 95.4 cm³/mol. The van der Waals surface area contributed by atoms with Gasteiger partial charge in [-0.1, -0.05) is 0 Å². The molecule has 0 unspecified atom stereocenters. The second-order valence-corrected chi connectivity index (χ2v) is 6.14. The molecule has 1 aliphatic heterocycles. The lowest BCUT2D eigenvalue weighted by Crippen LogP contribution is -2.47. The zero-order valence-corrected chi connectivity index (χ0v) is 14.4. The van der Waals surface area contributed by atoms with Gasteiger partial charge in [-0.25, -0.2) is 15.0 Å². The summed E-state index contributed by atoms with van der Waals surface area (Å²) >= 11 is 0. The first-order valence-corrected chi connectivity index (χ1v) is 8.30. The van der Waals surface area contributed by atoms with Crippen molar-refractivity contribution in [3.05, 3.63) is 42.7 Å². The van der Waals surface area contributed by atoms with Crippen molar-refractivity contribution in [2.75, 3.05) is 36.0 Å². The van der Waals surface area contributed by atoms with E-state index in [1.165, 1.54) is 0 Å². The molecule has 25 heavy (non-hydrogen) atoms. The molecule has 3 aromatic heterocycles. The van der Waals surface area contributed by atoms with Crippen molar-refractivity contribution >= 4 is 11.8 Å². The average molecular weight is 336 g/mol. The Morgan fingerprint density at radius 1 is 0.960 bits per heavy atom. The molecule has 0 N–H and O–H groups in total. The lowest BCUT2D eigenvalue weighted by atomic mass is 10.2. The van der Waals surface area contributed by atoms with Gasteiger partial charge in [0, 0.05) is 56.9 Å². The molecule has 0 saturated carbocycles. The summed E-state index contributed by atoms with van der Waals surface area (Å²) in [6.07, 6.45) is 9.16. The topological polar surface area (TPSA) is 75.9 Å². The Kier molecular flexibility index (Phi) is 4.01. The highest BCUT2D eigenvalue weighted by Gasteiger charge is 2.20. The highest BCUT2D eigenvalue weighted by molar-refractivity contribution is 5.58. The Morgan fingerprint density at radius 2 is 1.76 bits per heavy atom. The Balaban J connectivity index is 1.47. The lowest BCUT2D eigenvalue weighted by molar-refractivity contribution is 0.633. The monoisotopic (exact) mass is 336 g/mol. The van der Waals surface area contributed by atoms with Crippen LogP contribution in [-0.2, 0) is 7.05 Å². The standard InChI is InChI=1S/C17H20N8/c1-13-3-4-19-17(21-13)25-7-5-24(6-8-25)16-11-18-10-15(22-16)14-9-20-23(2)12-14/h3-4,9-12H,5-8H2,1-2H3. The molecule has 0 bridgehead atoms. The van der Waals surface area contributed by atoms with Crippen LogP contribution in [0.4, 0.5) is 11.8 Å². The molecule has 0 aliphatic carbocycles. The highest BCUT2D eigenvalue weighted by atomic mass is 15.3. The first-order chi connectivity index (χ1) is 12.2. The second-order valence-electron chi connectivity index (χ2n) is 6.14. The van der Waals surface area contributed by atoms with Gasteiger partial charge in [0.25, 0.3) is 0 Å². The minimum Gasteiger partial charge on any atom is -0.352 e. The van der Waals surface area contributed by atoms with E-state index in [1.807, 2.05) is 38.6 Å². The second kappa shape index (κ2) is 6.46. The number of hydrogen-bond acceptors (Lipinski definition) is 7. The molecule has 0 aromatic carbocycles. The maximum absolute atomic E-state index is 4.75. The van der Waals surface area contributed by atoms with Gasteiger partial charge in [0.05, 0.1) is 24.3 Å². The fourth-order valence-corrected chi connectivity index (χ4v) is 2.92. The van der Waals surface area contributed by atoms with Crippen molar-refractivity contribution < 1.29 is 0 Å². The van der Waals surface area contributed by atoms with E-state index in [-0.39, 0.29) is 0 Å². The first-order valence-electron chi connectivity index (χ1n) is 8.30. The third-order valence-corrected chi connectivity index (χ3v) is 4.29. The summed E-state index contributed by atoms with van der Waals surface area (Å²) in [5, 5.41) is 4.20. The summed E-state index contributed by atoms with van der Waals surface area (Å²) in [5.74, 6) is 1.70. The molecular formula is C17H20N8. The molecule has 0 radical (unpaired) electrons. The van der Waals surface area contributed by atoms with E-state index in [9.17, 15) is 0 Å². The van der Waals surface area contributed by atoms with Crippen LogP contribution < -0.4 is 9.80 Å². The molecule has 0 spiro atoms. The van der Waals surface area contributed by atoms with Crippen LogP contribution >= 0.6 is 0 Å². The predicted octanol–water partition coefficient (Wildman–Crippen LogP) is 1.30. The van der Waals surface area contributed by atoms with Crippen LogP contribution in [0, 0.1) is 6.92 Å². The highest BCUT2D eigenvalue weighted by Crippen LogP contribution is 2.20. The molecule has 0 atom stereocenters. The molecule has 1 fully saturated rings. The number of nitrogens with zero attached hydrogens (tertiary/aromatic N) is 8. The quantitative estimate of drug-likeness (QED) is 0.713. The van der Waals surface area contributed by atoms with Gasteiger partial charge in [-0.05, 0) is 13.0 Å². The van der Waals surface area contributed by atoms with E-state index in [4.69, 9.17) is 4.98 Å². The molecule has 8 nitrogen and oxygen atoms in total. The summed E-state index contributed by atoms with van der Waals surface area (Å²) < 4.78 is 1.77. The van der Waals surface area contributed by atoms with Crippen LogP contribution in [0.5, 0.6) is 0 Å². The van der Waals surface area contributed by atoms with Crippen LogP contribution in [0.1, 0.15) is 5.69 Å². The van der Waals surface area contributed by atoms with E-state index in [0.717, 1.165) is 54.9 Å². The third-order valence-electron chi connectivity index (χ3n) is 4.29. The van der Waals surface area contributed by atoms with Crippen molar-refractivity contribution in [2.24, 2.45) is 7.05 Å². The fourth-order valence-electron chi connectivity index (χ4n) is 2.92. The van der Waals surface area contributed by atoms with E-state index >= 15 is 0 Å². The van der Waals surface area contributed by atoms with Gasteiger partial charge < -0.3 is 9.80 Å². The zero-order valence-electron chi connectivity index (χ0n) is 14.4. The normalized spacial score (nSPS) is 14.8. The largest absolute Gasteiger partial charge is 0.352 e. The van der Waals surface area contributed by atoms with Gasteiger partial charge in [0.15, 0.2) is 0 Å². The Hall–Kier alpha value is -3.03. The number of aryl methyl sites for hydroxylation is 2. The van der Waals surface area contributed by atoms with Crippen molar-refractivity contribution in [3.63, 3.8) is 0 Å². The van der Waals surface area contributed by atoms with Crippen molar-refractivity contribution in [2.45, 2.75) is 6.92 Å². The molecule has 0 amide bonds. The summed E-state index contributed by atoms with van der Waals surface area (Å²) in [6, 6.07) is 1.92. The minimum absolute atomic E-state index is 0.801. The first kappa shape index (κ1) is 15.5. The Bertz CT molecular complexity index is 866. The molecule has 3 aromatic rings. The molecule has 8 heteroatoms. The van der Waals surface area contributed by atoms with Crippen LogP contribution in [0.15, 0.2) is 37.1 Å². The van der Waals surface area contributed by atoms with Crippen LogP contribution in [0.2, 0.25) is 0 Å². The SMILES string of the molecule is Cc1ccnc(N2CCN(c3cncc(-c4cnn(C)c4)n3)CC2)n1. The molecule has 1 aliphatic rings. The van der Waals surface area contributed by atoms with Gasteiger partial charge in [-0.2, -0.15) is 5.10 Å². The Morgan fingerprint density at radius 3 is 2.48 bits per heavy atom. The van der Waals surface area contributed by atoms with E-state index in [1.54, 1.807) is 17.1 Å². The number of hydrogen-bond donors (Lipinski definition) is 0. The molecule has 128 valence electrons. The Labute approximate surface area is 146 Å². The van der Waals surface area contributed by atoms with Gasteiger partial charge in [0.2, 0.25) is 5.95 Å². The molecule has 4 heterocycles. The molecule has 1 saturated heterocycles. The van der Waals surface area contributed by atoms with E-state index < -0.39 is 0 Å². The summed E-state index contributed by atoms with van der Waals surface area (Å²) in [6.45, 7) is 5.44. The number of piperazine rings is 1. The molecular weight excluding hydrogens is 316 g/mol. The zero-order chi connectivity index (χ0) is 17.2. The van der Waals surface area contributed by atoms with Crippen LogP contribution in [0.3, 0.4) is 0 Å². The van der Waals surface area contributed by atoms with Crippen molar-refractivity contribution in [1.29, 1.82) is 0 Å². The van der Waals surface area contributed by atoms with Gasteiger partial charge in [-0.15, -0.1) is 0 Å². The number of anilines is 2. The van der Waals surface area contributed by atoms with Crippen molar-refractivity contribution in [1.82, 2.24) is 29.7 Å². The average Bonchev–Trinajstić information content (AvgIpc) is 3.08. The minimum atomic E-state index is 0.801. The summed E-state index contributed by atoms with van der Waals surface area (Å²) in [4.78, 5) is 22.5.